The Kier molecular flexibility index (Phi) is 4.52. The van der Waals surface area contributed by atoms with Gasteiger partial charge in [0.1, 0.15) is 17.1 Å². The summed E-state index contributed by atoms with van der Waals surface area (Å²) in [6.45, 7) is 1.91. The molecular weight excluding hydrogens is 378 g/mol. The fraction of sp³-hybridized carbons (Fsp3) is 0.217. The normalized spacial score (nSPS) is 14.4. The summed E-state index contributed by atoms with van der Waals surface area (Å²) in [5, 5.41) is 4.72. The first-order valence-electron chi connectivity index (χ1n) is 10.0. The molecule has 0 aliphatic carbocycles. The van der Waals surface area contributed by atoms with Crippen molar-refractivity contribution in [2.24, 2.45) is 5.73 Å². The van der Waals surface area contributed by atoms with Crippen LogP contribution < -0.4 is 10.5 Å². The number of H-pyrrole nitrogens is 1. The Bertz CT molecular complexity index is 1210. The molecule has 0 saturated heterocycles. The second kappa shape index (κ2) is 7.35. The van der Waals surface area contributed by atoms with Gasteiger partial charge in [-0.15, -0.1) is 0 Å². The van der Waals surface area contributed by atoms with Crippen molar-refractivity contribution in [1.29, 1.82) is 0 Å². The molecule has 0 bridgehead atoms. The standard InChI is InChI=1S/C23H23N5O2/c1-27-13-11-18-19(12-14-27)26-28-21(22(24)29)20(25-23(18)28)15-7-9-17(10-8-15)30-16-5-3-2-4-6-16/h2-10,25H,11-14H2,1H3,(H2,24,29). The number of primary amides is 1. The van der Waals surface area contributed by atoms with E-state index in [1.165, 1.54) is 0 Å². The highest BCUT2D eigenvalue weighted by molar-refractivity contribution is 5.98. The number of carbonyl (C=O) groups is 1. The highest BCUT2D eigenvalue weighted by Gasteiger charge is 2.25. The van der Waals surface area contributed by atoms with Gasteiger partial charge in [-0.25, -0.2) is 4.52 Å². The minimum atomic E-state index is -0.504. The van der Waals surface area contributed by atoms with Crippen LogP contribution >= 0.6 is 0 Å². The Morgan fingerprint density at radius 1 is 1.03 bits per heavy atom. The van der Waals surface area contributed by atoms with Gasteiger partial charge in [0.2, 0.25) is 0 Å². The van der Waals surface area contributed by atoms with E-state index in [-0.39, 0.29) is 0 Å². The third-order valence-corrected chi connectivity index (χ3v) is 5.59. The Morgan fingerprint density at radius 3 is 2.47 bits per heavy atom. The number of amides is 1. The first kappa shape index (κ1) is 18.4. The predicted molar refractivity (Wildman–Crippen MR) is 115 cm³/mol. The molecular formula is C23H23N5O2. The van der Waals surface area contributed by atoms with E-state index in [2.05, 4.69) is 16.9 Å². The molecule has 2 aromatic heterocycles. The SMILES string of the molecule is CN1CCc2nn3c(C(N)=O)c(-c4ccc(Oc5ccccc5)cc4)[nH]c3c2CC1. The third-order valence-electron chi connectivity index (χ3n) is 5.59. The summed E-state index contributed by atoms with van der Waals surface area (Å²) >= 11 is 0. The number of hydrogen-bond acceptors (Lipinski definition) is 4. The lowest BCUT2D eigenvalue weighted by Crippen LogP contribution is -2.21. The van der Waals surface area contributed by atoms with Crippen molar-refractivity contribution >= 4 is 11.6 Å². The highest BCUT2D eigenvalue weighted by Crippen LogP contribution is 2.30. The van der Waals surface area contributed by atoms with Gasteiger partial charge in [0, 0.05) is 30.6 Å². The van der Waals surface area contributed by atoms with Crippen LogP contribution in [0, 0.1) is 0 Å². The fourth-order valence-electron chi connectivity index (χ4n) is 3.99. The summed E-state index contributed by atoms with van der Waals surface area (Å²) in [5.41, 5.74) is 10.7. The van der Waals surface area contributed by atoms with Crippen LogP contribution in [0.3, 0.4) is 0 Å². The molecule has 0 radical (unpaired) electrons. The zero-order valence-electron chi connectivity index (χ0n) is 16.8. The largest absolute Gasteiger partial charge is 0.457 e. The number of imidazole rings is 1. The van der Waals surface area contributed by atoms with Crippen LogP contribution in [0.15, 0.2) is 54.6 Å². The second-order valence-corrected chi connectivity index (χ2v) is 7.64. The van der Waals surface area contributed by atoms with Crippen molar-refractivity contribution in [2.45, 2.75) is 12.8 Å². The average molecular weight is 401 g/mol. The zero-order valence-corrected chi connectivity index (χ0v) is 16.8. The number of ether oxygens (including phenoxy) is 1. The number of nitrogens with one attached hydrogen (secondary N) is 1. The molecule has 0 atom stereocenters. The van der Waals surface area contributed by atoms with Crippen LogP contribution in [0.5, 0.6) is 11.5 Å². The van der Waals surface area contributed by atoms with E-state index in [0.717, 1.165) is 59.9 Å². The molecule has 5 rings (SSSR count). The van der Waals surface area contributed by atoms with E-state index in [1.54, 1.807) is 4.52 Å². The Morgan fingerprint density at radius 2 is 1.73 bits per heavy atom. The van der Waals surface area contributed by atoms with Gasteiger partial charge in [0.25, 0.3) is 5.91 Å². The number of hydrogen-bond donors (Lipinski definition) is 2. The van der Waals surface area contributed by atoms with Gasteiger partial charge in [-0.2, -0.15) is 5.10 Å². The molecule has 3 heterocycles. The summed E-state index contributed by atoms with van der Waals surface area (Å²) in [6.07, 6.45) is 1.75. The first-order chi connectivity index (χ1) is 14.6. The fourth-order valence-corrected chi connectivity index (χ4v) is 3.99. The number of rotatable bonds is 4. The summed E-state index contributed by atoms with van der Waals surface area (Å²) < 4.78 is 7.55. The number of carbonyl (C=O) groups excluding carboxylic acids is 1. The summed E-state index contributed by atoms with van der Waals surface area (Å²) in [7, 11) is 2.12. The monoisotopic (exact) mass is 401 g/mol. The van der Waals surface area contributed by atoms with Gasteiger partial charge in [-0.3, -0.25) is 4.79 Å². The number of fused-ring (bicyclic) bond motifs is 3. The van der Waals surface area contributed by atoms with Crippen molar-refractivity contribution in [3.63, 3.8) is 0 Å². The topological polar surface area (TPSA) is 88.7 Å². The third kappa shape index (κ3) is 3.23. The molecule has 3 N–H and O–H groups in total. The van der Waals surface area contributed by atoms with Crippen LogP contribution in [0.2, 0.25) is 0 Å². The maximum Gasteiger partial charge on any atom is 0.269 e. The number of likely N-dealkylation sites (N-methyl/N-ethyl adjacent to an activating group) is 1. The van der Waals surface area contributed by atoms with E-state index in [0.29, 0.717) is 11.4 Å². The minimum Gasteiger partial charge on any atom is -0.457 e. The zero-order chi connectivity index (χ0) is 20.7. The molecule has 0 saturated carbocycles. The molecule has 1 aliphatic rings. The molecule has 30 heavy (non-hydrogen) atoms. The van der Waals surface area contributed by atoms with E-state index in [1.807, 2.05) is 54.6 Å². The van der Waals surface area contributed by atoms with Crippen LogP contribution in [0.25, 0.3) is 16.9 Å². The van der Waals surface area contributed by atoms with E-state index in [4.69, 9.17) is 15.6 Å². The summed E-state index contributed by atoms with van der Waals surface area (Å²) in [6, 6.07) is 17.2. The summed E-state index contributed by atoms with van der Waals surface area (Å²) in [5.74, 6) is 0.989. The van der Waals surface area contributed by atoms with Gasteiger partial charge >= 0.3 is 0 Å². The molecule has 0 spiro atoms. The van der Waals surface area contributed by atoms with Crippen molar-refractivity contribution in [1.82, 2.24) is 19.5 Å². The lowest BCUT2D eigenvalue weighted by atomic mass is 10.1. The summed E-state index contributed by atoms with van der Waals surface area (Å²) in [4.78, 5) is 18.0. The lowest BCUT2D eigenvalue weighted by Gasteiger charge is -2.11. The molecule has 152 valence electrons. The van der Waals surface area contributed by atoms with Crippen LogP contribution in [0.4, 0.5) is 0 Å². The molecule has 7 nitrogen and oxygen atoms in total. The molecule has 7 heteroatoms. The van der Waals surface area contributed by atoms with Crippen LogP contribution in [-0.2, 0) is 12.8 Å². The van der Waals surface area contributed by atoms with Crippen molar-refractivity contribution < 1.29 is 9.53 Å². The van der Waals surface area contributed by atoms with Crippen LogP contribution in [-0.4, -0.2) is 45.5 Å². The maximum absolute atomic E-state index is 12.3. The molecule has 2 aromatic carbocycles. The van der Waals surface area contributed by atoms with Gasteiger partial charge < -0.3 is 20.4 Å². The van der Waals surface area contributed by atoms with Crippen molar-refractivity contribution in [3.05, 3.63) is 71.5 Å². The lowest BCUT2D eigenvalue weighted by molar-refractivity contribution is 0.0994. The Hall–Kier alpha value is -3.58. The smallest absolute Gasteiger partial charge is 0.269 e. The molecule has 1 amide bonds. The number of benzene rings is 2. The Balaban J connectivity index is 1.53. The maximum atomic E-state index is 12.3. The minimum absolute atomic E-state index is 0.378. The molecule has 0 unspecified atom stereocenters. The van der Waals surface area contributed by atoms with Gasteiger partial charge in [-0.05, 0) is 49.9 Å². The van der Waals surface area contributed by atoms with Crippen molar-refractivity contribution in [2.75, 3.05) is 20.1 Å². The number of para-hydroxylation sites is 1. The van der Waals surface area contributed by atoms with Gasteiger partial charge in [0.05, 0.1) is 11.4 Å². The van der Waals surface area contributed by atoms with Gasteiger partial charge in [-0.1, -0.05) is 18.2 Å². The van der Waals surface area contributed by atoms with Gasteiger partial charge in [0.15, 0.2) is 5.69 Å². The van der Waals surface area contributed by atoms with Crippen LogP contribution in [0.1, 0.15) is 21.7 Å². The molecule has 0 fully saturated rings. The quantitative estimate of drug-likeness (QED) is 0.549. The second-order valence-electron chi connectivity index (χ2n) is 7.64. The highest BCUT2D eigenvalue weighted by atomic mass is 16.5. The number of aromatic amines is 1. The predicted octanol–water partition coefficient (Wildman–Crippen LogP) is 3.25. The number of nitrogens with two attached hydrogens (primary N) is 1. The molecule has 4 aromatic rings. The number of nitrogens with zero attached hydrogens (tertiary/aromatic N) is 3. The first-order valence-corrected chi connectivity index (χ1v) is 10.0. The van der Waals surface area contributed by atoms with E-state index >= 15 is 0 Å². The molecule has 1 aliphatic heterocycles. The number of aromatic nitrogens is 3. The van der Waals surface area contributed by atoms with E-state index < -0.39 is 5.91 Å². The Labute approximate surface area is 174 Å². The van der Waals surface area contributed by atoms with Crippen molar-refractivity contribution in [3.8, 4) is 22.8 Å². The van der Waals surface area contributed by atoms with E-state index in [9.17, 15) is 4.79 Å². The average Bonchev–Trinajstić information content (AvgIpc) is 3.21.